The van der Waals surface area contributed by atoms with Crippen molar-refractivity contribution >= 4 is 165 Å². The predicted molar refractivity (Wildman–Crippen MR) is 495 cm³/mol. The van der Waals surface area contributed by atoms with Gasteiger partial charge < -0.3 is 125 Å². The van der Waals surface area contributed by atoms with Crippen LogP contribution in [0.25, 0.3) is 21.7 Å². The standard InChI is InChI=1S/C88H126N22O21S2/c1-44(2)88(10,85(131)106-57(24-16-18-36-96-46(4)112)74(120)103-64(42-68(93)117)80(126)101-60(73(95)119)41-67(92)116)110-81(127)62(39-49-27-28-50-19-11-12-20-52(50)37-49)102-78(124)61(38-48-25-29-51(30-26-48)72(94)118)105-84(130)71(87(8,9)133)109-77(123)59(32-34-66(91)115)99-79(125)63(40-53-43-97-55-22-14-13-21-54(53)55)104-82(128)69(45(3)111)107-75(121)58(31-33-65(90)114)100-83(129)70(86(6,7)132)108-76(122)56(98-47(5)113)23-15-17-35-89/h11-14,19-22,25-30,37,43-45,56-64,69-71,97,111,132-133H,15-18,23-24,31-36,38-42,89H2,1-10H3,(H2,90,114)(H2,91,115)(H2,92,116)(H2,93,117)(H2,94,118)(H2,95,119)(H,96,112)(H,98,113)(H,99,125)(H,100,129)(H,101,126)(H,102,124)(H,103,120)(H,104,128)(H,105,130)(H,106,131)(H,107,121)(H,108,122)(H,109,123)(H,110,127)/t45-,56-,57+,58+,59+,60+,61+,62+,63+,64+,69+,70-,71-,88+/m1/s1. The summed E-state index contributed by atoms with van der Waals surface area (Å²) in [7, 11) is 0. The summed E-state index contributed by atoms with van der Waals surface area (Å²) in [4.78, 5) is 279. The largest absolute Gasteiger partial charge is 0.391 e. The van der Waals surface area contributed by atoms with Crippen LogP contribution in [0.5, 0.6) is 0 Å². The van der Waals surface area contributed by atoms with Gasteiger partial charge >= 0.3 is 0 Å². The Labute approximate surface area is 779 Å². The monoisotopic (exact) mass is 1890 g/mol. The highest BCUT2D eigenvalue weighted by Gasteiger charge is 2.45. The molecule has 1 aromatic heterocycles. The average Bonchev–Trinajstić information content (AvgIpc) is 1.76. The van der Waals surface area contributed by atoms with E-state index in [0.29, 0.717) is 40.3 Å². The van der Waals surface area contributed by atoms with Crippen molar-refractivity contribution in [3.05, 3.63) is 119 Å². The van der Waals surface area contributed by atoms with Gasteiger partial charge in [-0.25, -0.2) is 0 Å². The first-order valence-electron chi connectivity index (χ1n) is 43.1. The fraction of sp³-hybridized carbons (Fsp3) is 0.500. The van der Waals surface area contributed by atoms with Gasteiger partial charge in [0.2, 0.25) is 118 Å². The Hall–Kier alpha value is -13.3. The van der Waals surface area contributed by atoms with Crippen LogP contribution in [-0.2, 0) is 110 Å². The highest BCUT2D eigenvalue weighted by Crippen LogP contribution is 2.26. The van der Waals surface area contributed by atoms with Gasteiger partial charge in [-0.15, -0.1) is 0 Å². The van der Waals surface area contributed by atoms with Gasteiger partial charge in [0.15, 0.2) is 0 Å². The van der Waals surface area contributed by atoms with Crippen molar-refractivity contribution in [2.75, 3.05) is 13.1 Å². The Bertz CT molecular complexity index is 5060. The first kappa shape index (κ1) is 110. The van der Waals surface area contributed by atoms with Crippen LogP contribution in [0.2, 0.25) is 0 Å². The molecule has 1 heterocycles. The van der Waals surface area contributed by atoms with E-state index in [2.05, 4.69) is 92.0 Å². The first-order chi connectivity index (χ1) is 62.2. The summed E-state index contributed by atoms with van der Waals surface area (Å²) in [6.07, 6.45) is -4.37. The summed E-state index contributed by atoms with van der Waals surface area (Å²) < 4.78 is -3.07. The van der Waals surface area contributed by atoms with Crippen LogP contribution in [0.1, 0.15) is 173 Å². The molecule has 0 aliphatic heterocycles. The summed E-state index contributed by atoms with van der Waals surface area (Å²) in [6.45, 7) is 14.0. The van der Waals surface area contributed by atoms with E-state index in [9.17, 15) is 72.2 Å². The fourth-order valence-electron chi connectivity index (χ4n) is 14.0. The van der Waals surface area contributed by atoms with Gasteiger partial charge in [-0.2, -0.15) is 25.3 Å². The SMILES string of the molecule is CC(=O)NCCCC[C@H](NC(=O)[C@@](C)(NC(=O)[C@H](Cc1ccc2ccccc2c1)NC(=O)[C@H](Cc1ccc(C(N)=O)cc1)NC(=O)[C@@H](NC(=O)[C@H](CCC(N)=O)NC(=O)[C@H](Cc1c[nH]c2ccccc12)NC(=O)[C@@H](NC(=O)[C@H](CCC(N)=O)NC(=O)[C@@H](NC(=O)[C@@H](CCCCN)NC(C)=O)C(C)(C)S)[C@@H](C)O)C(C)(C)S)C(C)C)C(=O)N[C@@H](CC(N)=O)C(=O)N[C@@H](CC(N)=O)C(N)=O. The van der Waals surface area contributed by atoms with E-state index in [4.69, 9.17) is 52.8 Å². The Morgan fingerprint density at radius 2 is 0.842 bits per heavy atom. The quantitative estimate of drug-likeness (QED) is 0.0130. The maximum atomic E-state index is 15.6. The van der Waals surface area contributed by atoms with Crippen molar-refractivity contribution in [3.63, 3.8) is 0 Å². The van der Waals surface area contributed by atoms with Crippen molar-refractivity contribution in [2.24, 2.45) is 46.1 Å². The van der Waals surface area contributed by atoms with Crippen molar-refractivity contribution in [2.45, 2.75) is 259 Å². The number of nitrogens with two attached hydrogens (primary N) is 7. The lowest BCUT2D eigenvalue weighted by Gasteiger charge is -2.36. The van der Waals surface area contributed by atoms with E-state index < -0.39 is 263 Å². The number of hydrogen-bond donors (Lipinski definition) is 25. The molecule has 0 bridgehead atoms. The molecule has 0 spiro atoms. The molecule has 0 saturated heterocycles. The second-order valence-corrected chi connectivity index (χ2v) is 36.5. The maximum Gasteiger partial charge on any atom is 0.248 e. The number of nitrogens with one attached hydrogen (secondary N) is 15. The molecule has 43 nitrogen and oxygen atoms in total. The summed E-state index contributed by atoms with van der Waals surface area (Å²) in [5.41, 5.74) is 38.2. The van der Waals surface area contributed by atoms with Crippen molar-refractivity contribution < 1.29 is 101 Å². The molecule has 30 N–H and O–H groups in total. The number of H-pyrrole nitrogens is 1. The number of aliphatic hydroxyl groups excluding tert-OH is 1. The number of carbonyl (C=O) groups excluding carboxylic acids is 20. The molecule has 0 radical (unpaired) electrons. The van der Waals surface area contributed by atoms with Gasteiger partial charge in [0.25, 0.3) is 0 Å². The van der Waals surface area contributed by atoms with Crippen molar-refractivity contribution in [3.8, 4) is 0 Å². The van der Waals surface area contributed by atoms with Gasteiger partial charge in [-0.3, -0.25) is 95.9 Å². The average molecular weight is 1890 g/mol. The minimum absolute atomic E-state index is 0.0324. The van der Waals surface area contributed by atoms with Crippen LogP contribution >= 0.6 is 25.3 Å². The molecule has 0 unspecified atom stereocenters. The van der Waals surface area contributed by atoms with Gasteiger partial charge in [-0.05, 0) is 151 Å². The minimum Gasteiger partial charge on any atom is -0.391 e. The number of aromatic amines is 1. The number of thiol groups is 2. The third kappa shape index (κ3) is 35.7. The molecule has 0 aliphatic rings. The molecule has 20 amide bonds. The molecular formula is C88H126N22O21S2. The highest BCUT2D eigenvalue weighted by molar-refractivity contribution is 7.82. The van der Waals surface area contributed by atoms with Crippen LogP contribution in [0.3, 0.4) is 0 Å². The lowest BCUT2D eigenvalue weighted by molar-refractivity contribution is -0.139. The van der Waals surface area contributed by atoms with Crippen molar-refractivity contribution in [1.82, 2.24) is 79.4 Å². The number of aliphatic hydroxyl groups is 1. The molecule has 133 heavy (non-hydrogen) atoms. The van der Waals surface area contributed by atoms with E-state index in [1.165, 1.54) is 92.8 Å². The van der Waals surface area contributed by atoms with Crippen LogP contribution < -0.4 is 115 Å². The number of fused-ring (bicyclic) bond motifs is 2. The number of unbranched alkanes of at least 4 members (excludes halogenated alkanes) is 2. The number of primary amides is 6. The molecule has 5 rings (SSSR count). The molecule has 14 atom stereocenters. The summed E-state index contributed by atoms with van der Waals surface area (Å²) in [5.74, 6) is -21.2. The van der Waals surface area contributed by atoms with E-state index in [1.54, 1.807) is 60.7 Å². The minimum atomic E-state index is -2.06. The number of rotatable bonds is 56. The van der Waals surface area contributed by atoms with Gasteiger partial charge in [-0.1, -0.05) is 86.6 Å². The topological polar surface area (TPSA) is 728 Å². The normalized spacial score (nSPS) is 14.8. The van der Waals surface area contributed by atoms with E-state index in [0.717, 1.165) is 12.3 Å². The maximum absolute atomic E-state index is 15.6. The van der Waals surface area contributed by atoms with E-state index >= 15 is 28.8 Å². The Morgan fingerprint density at radius 1 is 0.414 bits per heavy atom. The molecule has 0 aliphatic carbocycles. The molecule has 0 saturated carbocycles. The number of benzene rings is 4. The number of amides is 20. The van der Waals surface area contributed by atoms with Gasteiger partial charge in [0.1, 0.15) is 78.0 Å². The molecule has 726 valence electrons. The Kier molecular flexibility index (Phi) is 42.7. The number of carbonyl (C=O) groups is 20. The molecule has 0 fully saturated rings. The zero-order chi connectivity index (χ0) is 99.7. The zero-order valence-corrected chi connectivity index (χ0v) is 77.7. The number of aromatic nitrogens is 1. The van der Waals surface area contributed by atoms with E-state index in [-0.39, 0.29) is 62.2 Å². The summed E-state index contributed by atoms with van der Waals surface area (Å²) in [6, 6.07) is 3.89. The Morgan fingerprint density at radius 3 is 1.35 bits per heavy atom. The molecule has 45 heteroatoms. The van der Waals surface area contributed by atoms with E-state index in [1.807, 2.05) is 6.07 Å². The zero-order valence-electron chi connectivity index (χ0n) is 75.9. The first-order valence-corrected chi connectivity index (χ1v) is 44.0. The van der Waals surface area contributed by atoms with Crippen LogP contribution in [-0.4, -0.2) is 235 Å². The van der Waals surface area contributed by atoms with Crippen LogP contribution in [0, 0.1) is 5.92 Å². The van der Waals surface area contributed by atoms with Crippen LogP contribution in [0.4, 0.5) is 0 Å². The molecular weight excluding hydrogens is 1770 g/mol. The number of para-hydroxylation sites is 1. The second-order valence-electron chi connectivity index (χ2n) is 34.2. The summed E-state index contributed by atoms with van der Waals surface area (Å²) in [5, 5.41) is 48.9. The molecule has 4 aromatic carbocycles. The molecule has 5 aromatic rings. The number of hydrogen-bond acceptors (Lipinski definition) is 24. The second kappa shape index (κ2) is 51.5. The van der Waals surface area contributed by atoms with Gasteiger partial charge in [0, 0.05) is 84.7 Å². The Balaban J connectivity index is 1.56. The lowest BCUT2D eigenvalue weighted by Crippen LogP contribution is -2.66. The lowest BCUT2D eigenvalue weighted by atomic mass is 9.86. The smallest absolute Gasteiger partial charge is 0.248 e. The highest BCUT2D eigenvalue weighted by atomic mass is 32.1. The fourth-order valence-corrected chi connectivity index (χ4v) is 14.4. The van der Waals surface area contributed by atoms with Gasteiger partial charge in [0.05, 0.1) is 18.9 Å². The summed E-state index contributed by atoms with van der Waals surface area (Å²) >= 11 is 9.28. The van der Waals surface area contributed by atoms with Crippen molar-refractivity contribution in [1.29, 1.82) is 0 Å². The third-order valence-electron chi connectivity index (χ3n) is 21.8. The predicted octanol–water partition coefficient (Wildman–Crippen LogP) is -4.18. The van der Waals surface area contributed by atoms with Crippen LogP contribution in [0.15, 0.2) is 97.2 Å². The third-order valence-corrected chi connectivity index (χ3v) is 22.3.